The lowest BCUT2D eigenvalue weighted by Crippen LogP contribution is -2.31. The molecule has 104 valence electrons. The summed E-state index contributed by atoms with van der Waals surface area (Å²) in [4.78, 5) is 14.0. The molecule has 1 aliphatic rings. The van der Waals surface area contributed by atoms with Gasteiger partial charge in [-0.1, -0.05) is 6.92 Å². The van der Waals surface area contributed by atoms with Gasteiger partial charge in [0.2, 0.25) is 0 Å². The fourth-order valence-corrected chi connectivity index (χ4v) is 2.15. The number of carbonyl (C=O) groups is 1. The maximum Gasteiger partial charge on any atom is 0.253 e. The molecule has 2 rings (SSSR count). The largest absolute Gasteiger partial charge is 0.491 e. The minimum Gasteiger partial charge on any atom is -0.491 e. The third-order valence-corrected chi connectivity index (χ3v) is 3.53. The normalized spacial score (nSPS) is 20.4. The van der Waals surface area contributed by atoms with Crippen LogP contribution >= 0.6 is 0 Å². The van der Waals surface area contributed by atoms with Crippen LogP contribution in [0.4, 0.5) is 0 Å². The predicted octanol–water partition coefficient (Wildman–Crippen LogP) is 2.04. The number of rotatable bonds is 4. The minimum atomic E-state index is 0.0584. The van der Waals surface area contributed by atoms with Crippen molar-refractivity contribution in [2.45, 2.75) is 38.8 Å². The first-order chi connectivity index (χ1) is 9.10. The van der Waals surface area contributed by atoms with Gasteiger partial charge in [-0.2, -0.15) is 0 Å². The number of hydrogen-bond acceptors (Lipinski definition) is 3. The van der Waals surface area contributed by atoms with E-state index in [9.17, 15) is 4.79 Å². The van der Waals surface area contributed by atoms with Crippen LogP contribution < -0.4 is 10.5 Å². The number of ether oxygens (including phenoxy) is 1. The molecule has 1 heterocycles. The number of amides is 1. The molecule has 1 aliphatic heterocycles. The summed E-state index contributed by atoms with van der Waals surface area (Å²) in [7, 11) is 0. The Labute approximate surface area is 114 Å². The standard InChI is InChI=1S/C15H22N2O2/c1-3-11(2)19-14-6-4-12(5-7-14)15(18)17-9-8-13(16)10-17/h4-7,11,13H,3,8-10,16H2,1-2H3/t11-,13+/m1/s1. The third kappa shape index (κ3) is 3.47. The molecule has 0 bridgehead atoms. The Balaban J connectivity index is 2.00. The first-order valence-corrected chi connectivity index (χ1v) is 6.91. The molecule has 1 amide bonds. The molecule has 4 heteroatoms. The third-order valence-electron chi connectivity index (χ3n) is 3.53. The Hall–Kier alpha value is -1.55. The highest BCUT2D eigenvalue weighted by Crippen LogP contribution is 2.17. The van der Waals surface area contributed by atoms with Crippen molar-refractivity contribution >= 4 is 5.91 Å². The van der Waals surface area contributed by atoms with Gasteiger partial charge in [0, 0.05) is 24.7 Å². The summed E-state index contributed by atoms with van der Waals surface area (Å²) in [5, 5.41) is 0. The van der Waals surface area contributed by atoms with E-state index < -0.39 is 0 Å². The molecule has 0 aliphatic carbocycles. The first kappa shape index (κ1) is 13.9. The Bertz CT molecular complexity index is 430. The van der Waals surface area contributed by atoms with E-state index in [1.807, 2.05) is 36.1 Å². The van der Waals surface area contributed by atoms with Crippen molar-refractivity contribution in [2.75, 3.05) is 13.1 Å². The number of carbonyl (C=O) groups excluding carboxylic acids is 1. The molecular formula is C15H22N2O2. The fraction of sp³-hybridized carbons (Fsp3) is 0.533. The van der Waals surface area contributed by atoms with Gasteiger partial charge in [0.1, 0.15) is 5.75 Å². The maximum absolute atomic E-state index is 12.2. The van der Waals surface area contributed by atoms with Crippen LogP contribution in [0.1, 0.15) is 37.0 Å². The molecular weight excluding hydrogens is 240 g/mol. The van der Waals surface area contributed by atoms with E-state index in [1.54, 1.807) is 0 Å². The highest BCUT2D eigenvalue weighted by Gasteiger charge is 2.24. The van der Waals surface area contributed by atoms with Crippen molar-refractivity contribution in [3.05, 3.63) is 29.8 Å². The highest BCUT2D eigenvalue weighted by atomic mass is 16.5. The van der Waals surface area contributed by atoms with Crippen LogP contribution in [0.2, 0.25) is 0 Å². The van der Waals surface area contributed by atoms with Gasteiger partial charge in [0.05, 0.1) is 6.10 Å². The van der Waals surface area contributed by atoms with Crippen LogP contribution in [0.25, 0.3) is 0 Å². The summed E-state index contributed by atoms with van der Waals surface area (Å²) in [6, 6.07) is 7.48. The molecule has 19 heavy (non-hydrogen) atoms. The summed E-state index contributed by atoms with van der Waals surface area (Å²) in [5.74, 6) is 0.868. The van der Waals surface area contributed by atoms with Crippen molar-refractivity contribution in [3.8, 4) is 5.75 Å². The molecule has 2 atom stereocenters. The molecule has 4 nitrogen and oxygen atoms in total. The van der Waals surface area contributed by atoms with Crippen LogP contribution in [0.5, 0.6) is 5.75 Å². The number of nitrogens with two attached hydrogens (primary N) is 1. The Kier molecular flexibility index (Phi) is 4.43. The van der Waals surface area contributed by atoms with Gasteiger partial charge in [-0.25, -0.2) is 0 Å². The molecule has 0 unspecified atom stereocenters. The van der Waals surface area contributed by atoms with Crippen molar-refractivity contribution < 1.29 is 9.53 Å². The van der Waals surface area contributed by atoms with E-state index in [-0.39, 0.29) is 18.1 Å². The second-order valence-corrected chi connectivity index (χ2v) is 5.16. The summed E-state index contributed by atoms with van der Waals surface area (Å²) in [6.07, 6.45) is 2.05. The van der Waals surface area contributed by atoms with Crippen molar-refractivity contribution in [1.29, 1.82) is 0 Å². The molecule has 1 saturated heterocycles. The summed E-state index contributed by atoms with van der Waals surface area (Å²) >= 11 is 0. The molecule has 0 spiro atoms. The van der Waals surface area contributed by atoms with E-state index in [4.69, 9.17) is 10.5 Å². The molecule has 1 aromatic rings. The Morgan fingerprint density at radius 3 is 2.68 bits per heavy atom. The summed E-state index contributed by atoms with van der Waals surface area (Å²) in [6.45, 7) is 5.53. The predicted molar refractivity (Wildman–Crippen MR) is 75.3 cm³/mol. The summed E-state index contributed by atoms with van der Waals surface area (Å²) < 4.78 is 5.70. The topological polar surface area (TPSA) is 55.6 Å². The van der Waals surface area contributed by atoms with Gasteiger partial charge in [-0.3, -0.25) is 4.79 Å². The monoisotopic (exact) mass is 262 g/mol. The Morgan fingerprint density at radius 1 is 1.47 bits per heavy atom. The van der Waals surface area contributed by atoms with Crippen molar-refractivity contribution in [1.82, 2.24) is 4.90 Å². The average Bonchev–Trinajstić information content (AvgIpc) is 2.85. The van der Waals surface area contributed by atoms with Crippen molar-refractivity contribution in [2.24, 2.45) is 5.73 Å². The van der Waals surface area contributed by atoms with Gasteiger partial charge >= 0.3 is 0 Å². The smallest absolute Gasteiger partial charge is 0.253 e. The van der Waals surface area contributed by atoms with E-state index in [0.717, 1.165) is 25.1 Å². The molecule has 2 N–H and O–H groups in total. The number of hydrogen-bond donors (Lipinski definition) is 1. The van der Waals surface area contributed by atoms with Gasteiger partial charge in [-0.05, 0) is 44.0 Å². The SMILES string of the molecule is CC[C@@H](C)Oc1ccc(C(=O)N2CC[C@H](N)C2)cc1. The lowest BCUT2D eigenvalue weighted by molar-refractivity contribution is 0.0791. The quantitative estimate of drug-likeness (QED) is 0.903. The van der Waals surface area contributed by atoms with Crippen LogP contribution in [0.15, 0.2) is 24.3 Å². The lowest BCUT2D eigenvalue weighted by Gasteiger charge is -2.16. The van der Waals surface area contributed by atoms with Crippen LogP contribution in [0.3, 0.4) is 0 Å². The molecule has 1 aromatic carbocycles. The van der Waals surface area contributed by atoms with Gasteiger partial charge < -0.3 is 15.4 Å². The van der Waals surface area contributed by atoms with E-state index in [1.165, 1.54) is 0 Å². The van der Waals surface area contributed by atoms with Gasteiger partial charge in [0.15, 0.2) is 0 Å². The fourth-order valence-electron chi connectivity index (χ4n) is 2.15. The maximum atomic E-state index is 12.2. The second kappa shape index (κ2) is 6.06. The average molecular weight is 262 g/mol. The molecule has 0 radical (unpaired) electrons. The molecule has 0 aromatic heterocycles. The zero-order valence-electron chi connectivity index (χ0n) is 11.6. The van der Waals surface area contributed by atoms with E-state index in [2.05, 4.69) is 6.92 Å². The number of likely N-dealkylation sites (tertiary alicyclic amines) is 1. The molecule has 1 fully saturated rings. The van der Waals surface area contributed by atoms with Crippen LogP contribution in [-0.2, 0) is 0 Å². The zero-order valence-corrected chi connectivity index (χ0v) is 11.6. The van der Waals surface area contributed by atoms with Crippen LogP contribution in [-0.4, -0.2) is 36.0 Å². The Morgan fingerprint density at radius 2 is 2.16 bits per heavy atom. The number of benzene rings is 1. The van der Waals surface area contributed by atoms with Gasteiger partial charge in [-0.15, -0.1) is 0 Å². The number of nitrogens with zero attached hydrogens (tertiary/aromatic N) is 1. The van der Waals surface area contributed by atoms with Crippen molar-refractivity contribution in [3.63, 3.8) is 0 Å². The second-order valence-electron chi connectivity index (χ2n) is 5.16. The minimum absolute atomic E-state index is 0.0584. The first-order valence-electron chi connectivity index (χ1n) is 6.91. The van der Waals surface area contributed by atoms with Gasteiger partial charge in [0.25, 0.3) is 5.91 Å². The zero-order chi connectivity index (χ0) is 13.8. The lowest BCUT2D eigenvalue weighted by atomic mass is 10.2. The van der Waals surface area contributed by atoms with Crippen LogP contribution in [0, 0.1) is 0 Å². The molecule has 0 saturated carbocycles. The summed E-state index contributed by atoms with van der Waals surface area (Å²) in [5.41, 5.74) is 6.52. The van der Waals surface area contributed by atoms with E-state index >= 15 is 0 Å². The van der Waals surface area contributed by atoms with E-state index in [0.29, 0.717) is 12.1 Å². The highest BCUT2D eigenvalue weighted by molar-refractivity contribution is 5.94.